The molecular formula is C15H21N3O. The zero-order chi connectivity index (χ0) is 13.7. The second-order valence-electron chi connectivity index (χ2n) is 4.99. The molecule has 102 valence electrons. The number of ether oxygens (including phenoxy) is 1. The molecule has 0 atom stereocenters. The van der Waals surface area contributed by atoms with Crippen LogP contribution in [0.3, 0.4) is 0 Å². The maximum Gasteiger partial charge on any atom is 0.120 e. The molecule has 2 rings (SSSR count). The van der Waals surface area contributed by atoms with Crippen molar-refractivity contribution in [3.8, 4) is 5.75 Å². The molecule has 0 saturated heterocycles. The lowest BCUT2D eigenvalue weighted by Crippen LogP contribution is -2.21. The molecule has 0 fully saturated rings. The Hall–Kier alpha value is -1.81. The quantitative estimate of drug-likeness (QED) is 0.866. The van der Waals surface area contributed by atoms with Gasteiger partial charge in [0.15, 0.2) is 0 Å². The van der Waals surface area contributed by atoms with Crippen LogP contribution in [0.25, 0.3) is 0 Å². The van der Waals surface area contributed by atoms with E-state index < -0.39 is 0 Å². The monoisotopic (exact) mass is 259 g/mol. The van der Waals surface area contributed by atoms with Gasteiger partial charge in [0.2, 0.25) is 0 Å². The van der Waals surface area contributed by atoms with E-state index in [1.807, 2.05) is 31.6 Å². The molecule has 0 spiro atoms. The predicted molar refractivity (Wildman–Crippen MR) is 76.0 cm³/mol. The van der Waals surface area contributed by atoms with Gasteiger partial charge in [0, 0.05) is 31.4 Å². The molecule has 1 aromatic heterocycles. The van der Waals surface area contributed by atoms with Crippen molar-refractivity contribution in [1.82, 2.24) is 15.1 Å². The van der Waals surface area contributed by atoms with Gasteiger partial charge in [-0.05, 0) is 17.7 Å². The standard InChI is InChI=1S/C15H21N3O/c1-12(2)16-8-13-5-4-6-15(7-13)19-11-14-9-17-18(3)10-14/h4-7,9-10,12,16H,8,11H2,1-3H3. The molecule has 1 N–H and O–H groups in total. The minimum absolute atomic E-state index is 0.486. The van der Waals surface area contributed by atoms with Crippen LogP contribution in [0.5, 0.6) is 5.75 Å². The van der Waals surface area contributed by atoms with E-state index in [1.54, 1.807) is 4.68 Å². The number of hydrogen-bond donors (Lipinski definition) is 1. The largest absolute Gasteiger partial charge is 0.489 e. The third-order valence-corrected chi connectivity index (χ3v) is 2.78. The Labute approximate surface area is 114 Å². The van der Waals surface area contributed by atoms with Crippen LogP contribution in [0, 0.1) is 0 Å². The highest BCUT2D eigenvalue weighted by Crippen LogP contribution is 2.15. The van der Waals surface area contributed by atoms with Gasteiger partial charge in [-0.2, -0.15) is 5.10 Å². The lowest BCUT2D eigenvalue weighted by molar-refractivity contribution is 0.305. The summed E-state index contributed by atoms with van der Waals surface area (Å²) in [6.07, 6.45) is 3.79. The van der Waals surface area contributed by atoms with E-state index in [0.29, 0.717) is 12.6 Å². The summed E-state index contributed by atoms with van der Waals surface area (Å²) in [5.74, 6) is 0.895. The number of nitrogens with one attached hydrogen (secondary N) is 1. The molecule has 0 aliphatic heterocycles. The van der Waals surface area contributed by atoms with Gasteiger partial charge in [-0.25, -0.2) is 0 Å². The molecule has 0 radical (unpaired) electrons. The molecule has 0 aliphatic carbocycles. The minimum atomic E-state index is 0.486. The van der Waals surface area contributed by atoms with Crippen LogP contribution in [0.4, 0.5) is 0 Å². The van der Waals surface area contributed by atoms with Crippen LogP contribution < -0.4 is 10.1 Å². The van der Waals surface area contributed by atoms with Crippen LogP contribution >= 0.6 is 0 Å². The number of rotatable bonds is 6. The van der Waals surface area contributed by atoms with Crippen LogP contribution in [-0.4, -0.2) is 15.8 Å². The fraction of sp³-hybridized carbons (Fsp3) is 0.400. The van der Waals surface area contributed by atoms with Crippen LogP contribution in [-0.2, 0) is 20.2 Å². The lowest BCUT2D eigenvalue weighted by Gasteiger charge is -2.10. The summed E-state index contributed by atoms with van der Waals surface area (Å²) in [5, 5.41) is 7.52. The first-order valence-corrected chi connectivity index (χ1v) is 6.56. The van der Waals surface area contributed by atoms with Gasteiger partial charge in [-0.1, -0.05) is 26.0 Å². The normalized spacial score (nSPS) is 10.9. The fourth-order valence-electron chi connectivity index (χ4n) is 1.78. The first kappa shape index (κ1) is 13.6. The molecule has 0 amide bonds. The smallest absolute Gasteiger partial charge is 0.120 e. The Morgan fingerprint density at radius 3 is 2.84 bits per heavy atom. The highest BCUT2D eigenvalue weighted by Gasteiger charge is 2.00. The first-order valence-electron chi connectivity index (χ1n) is 6.56. The number of aromatic nitrogens is 2. The van der Waals surface area contributed by atoms with Crippen molar-refractivity contribution in [3.05, 3.63) is 47.8 Å². The Balaban J connectivity index is 1.91. The van der Waals surface area contributed by atoms with Crippen molar-refractivity contribution < 1.29 is 4.74 Å². The van der Waals surface area contributed by atoms with Crippen molar-refractivity contribution in [2.24, 2.45) is 7.05 Å². The molecule has 1 aromatic carbocycles. The summed E-state index contributed by atoms with van der Waals surface area (Å²) in [6.45, 7) is 5.70. The predicted octanol–water partition coefficient (Wildman–Crippen LogP) is 2.50. The van der Waals surface area contributed by atoms with Gasteiger partial charge in [-0.3, -0.25) is 4.68 Å². The average molecular weight is 259 g/mol. The highest BCUT2D eigenvalue weighted by molar-refractivity contribution is 5.28. The molecule has 19 heavy (non-hydrogen) atoms. The molecule has 0 aliphatic rings. The maximum absolute atomic E-state index is 5.77. The van der Waals surface area contributed by atoms with Gasteiger partial charge in [0.1, 0.15) is 12.4 Å². The maximum atomic E-state index is 5.77. The van der Waals surface area contributed by atoms with E-state index >= 15 is 0 Å². The average Bonchev–Trinajstić information content (AvgIpc) is 2.80. The number of aryl methyl sites for hydroxylation is 1. The molecule has 4 nitrogen and oxygen atoms in total. The van der Waals surface area contributed by atoms with Crippen LogP contribution in [0.1, 0.15) is 25.0 Å². The number of nitrogens with zero attached hydrogens (tertiary/aromatic N) is 2. The van der Waals surface area contributed by atoms with E-state index in [1.165, 1.54) is 5.56 Å². The summed E-state index contributed by atoms with van der Waals surface area (Å²) >= 11 is 0. The third-order valence-electron chi connectivity index (χ3n) is 2.78. The van der Waals surface area contributed by atoms with E-state index in [-0.39, 0.29) is 0 Å². The number of hydrogen-bond acceptors (Lipinski definition) is 3. The van der Waals surface area contributed by atoms with Gasteiger partial charge < -0.3 is 10.1 Å². The Morgan fingerprint density at radius 1 is 1.32 bits per heavy atom. The van der Waals surface area contributed by atoms with Crippen molar-refractivity contribution in [2.75, 3.05) is 0 Å². The summed E-state index contributed by atoms with van der Waals surface area (Å²) < 4.78 is 7.55. The molecule has 2 aromatic rings. The van der Waals surface area contributed by atoms with E-state index in [4.69, 9.17) is 4.74 Å². The second kappa shape index (κ2) is 6.38. The Morgan fingerprint density at radius 2 is 2.16 bits per heavy atom. The Bertz CT molecular complexity index is 520. The minimum Gasteiger partial charge on any atom is -0.489 e. The van der Waals surface area contributed by atoms with Crippen molar-refractivity contribution in [3.63, 3.8) is 0 Å². The topological polar surface area (TPSA) is 39.1 Å². The van der Waals surface area contributed by atoms with Gasteiger partial charge >= 0.3 is 0 Å². The highest BCUT2D eigenvalue weighted by atomic mass is 16.5. The lowest BCUT2D eigenvalue weighted by atomic mass is 10.2. The van der Waals surface area contributed by atoms with E-state index in [2.05, 4.69) is 36.4 Å². The van der Waals surface area contributed by atoms with E-state index in [9.17, 15) is 0 Å². The second-order valence-corrected chi connectivity index (χ2v) is 4.99. The zero-order valence-electron chi connectivity index (χ0n) is 11.8. The fourth-order valence-corrected chi connectivity index (χ4v) is 1.78. The summed E-state index contributed by atoms with van der Waals surface area (Å²) in [5.41, 5.74) is 2.31. The molecular weight excluding hydrogens is 238 g/mol. The van der Waals surface area contributed by atoms with Gasteiger partial charge in [0.25, 0.3) is 0 Å². The Kier molecular flexibility index (Phi) is 4.58. The molecule has 0 saturated carbocycles. The van der Waals surface area contributed by atoms with Crippen molar-refractivity contribution in [2.45, 2.75) is 33.0 Å². The van der Waals surface area contributed by atoms with Gasteiger partial charge in [-0.15, -0.1) is 0 Å². The summed E-state index contributed by atoms with van der Waals surface area (Å²) in [6, 6.07) is 8.67. The summed E-state index contributed by atoms with van der Waals surface area (Å²) in [4.78, 5) is 0. The molecule has 0 bridgehead atoms. The van der Waals surface area contributed by atoms with Gasteiger partial charge in [0.05, 0.1) is 6.20 Å². The number of benzene rings is 1. The van der Waals surface area contributed by atoms with Crippen molar-refractivity contribution >= 4 is 0 Å². The SMILES string of the molecule is CC(C)NCc1cccc(OCc2cnn(C)c2)c1. The van der Waals surface area contributed by atoms with Crippen LogP contribution in [0.15, 0.2) is 36.7 Å². The third kappa shape index (κ3) is 4.41. The first-order chi connectivity index (χ1) is 9.13. The molecule has 4 heteroatoms. The van der Waals surface area contributed by atoms with E-state index in [0.717, 1.165) is 17.9 Å². The molecule has 0 unspecified atom stereocenters. The zero-order valence-corrected chi connectivity index (χ0v) is 11.8. The summed E-state index contributed by atoms with van der Waals surface area (Å²) in [7, 11) is 1.90. The van der Waals surface area contributed by atoms with Crippen LogP contribution in [0.2, 0.25) is 0 Å². The van der Waals surface area contributed by atoms with Crippen molar-refractivity contribution in [1.29, 1.82) is 0 Å². The molecule has 1 heterocycles.